The molecule has 0 radical (unpaired) electrons. The van der Waals surface area contributed by atoms with Crippen molar-refractivity contribution in [1.29, 1.82) is 5.26 Å². The Hall–Kier alpha value is -0.525. The molecule has 0 aromatic carbocycles. The van der Waals surface area contributed by atoms with Crippen molar-refractivity contribution in [2.75, 3.05) is 0 Å². The third-order valence-electron chi connectivity index (χ3n) is 3.69. The van der Waals surface area contributed by atoms with E-state index in [4.69, 9.17) is 14.6 Å². The Bertz CT molecular complexity index is 267. The van der Waals surface area contributed by atoms with Gasteiger partial charge in [0.1, 0.15) is 0 Å². The van der Waals surface area contributed by atoms with E-state index in [1.54, 1.807) is 0 Å². The van der Waals surface area contributed by atoms with E-state index in [9.17, 15) is 0 Å². The van der Waals surface area contributed by atoms with Crippen molar-refractivity contribution >= 4 is 7.12 Å². The molecule has 1 rings (SSSR count). The summed E-state index contributed by atoms with van der Waals surface area (Å²) >= 11 is 0. The van der Waals surface area contributed by atoms with Gasteiger partial charge in [0.15, 0.2) is 0 Å². The van der Waals surface area contributed by atoms with E-state index in [0.29, 0.717) is 0 Å². The van der Waals surface area contributed by atoms with Gasteiger partial charge in [0.2, 0.25) is 0 Å². The van der Waals surface area contributed by atoms with Gasteiger partial charge in [0.05, 0.1) is 17.3 Å². The Labute approximate surface area is 92.9 Å². The molecule has 0 aromatic heterocycles. The van der Waals surface area contributed by atoms with Crippen LogP contribution in [0.1, 0.15) is 41.5 Å². The van der Waals surface area contributed by atoms with Crippen molar-refractivity contribution in [3.63, 3.8) is 0 Å². The van der Waals surface area contributed by atoms with Crippen molar-refractivity contribution in [2.24, 2.45) is 5.92 Å². The zero-order valence-electron chi connectivity index (χ0n) is 10.5. The average Bonchev–Trinajstić information content (AvgIpc) is 2.33. The summed E-state index contributed by atoms with van der Waals surface area (Å²) in [5, 5.41) is 8.86. The number of hydrogen-bond donors (Lipinski definition) is 0. The van der Waals surface area contributed by atoms with E-state index < -0.39 is 0 Å². The molecule has 1 saturated heterocycles. The summed E-state index contributed by atoms with van der Waals surface area (Å²) in [6.45, 7) is 12.0. The second kappa shape index (κ2) is 3.81. The van der Waals surface area contributed by atoms with E-state index in [2.05, 4.69) is 6.07 Å². The van der Waals surface area contributed by atoms with E-state index in [1.807, 2.05) is 41.5 Å². The van der Waals surface area contributed by atoms with Crippen molar-refractivity contribution in [3.8, 4) is 6.07 Å². The lowest BCUT2D eigenvalue weighted by Gasteiger charge is -2.32. The minimum Gasteiger partial charge on any atom is -0.403 e. The Morgan fingerprint density at radius 2 is 1.47 bits per heavy atom. The predicted molar refractivity (Wildman–Crippen MR) is 60.3 cm³/mol. The maximum atomic E-state index is 8.86. The molecule has 2 atom stereocenters. The lowest BCUT2D eigenvalue weighted by molar-refractivity contribution is 0.00578. The van der Waals surface area contributed by atoms with E-state index >= 15 is 0 Å². The number of rotatable bonds is 2. The highest BCUT2D eigenvalue weighted by Crippen LogP contribution is 2.41. The molecular weight excluding hydrogens is 189 g/mol. The highest BCUT2D eigenvalue weighted by atomic mass is 16.7. The van der Waals surface area contributed by atoms with Gasteiger partial charge < -0.3 is 9.31 Å². The third-order valence-corrected chi connectivity index (χ3v) is 3.69. The molecule has 0 aromatic rings. The summed E-state index contributed by atoms with van der Waals surface area (Å²) in [5.41, 5.74) is -0.609. The summed E-state index contributed by atoms with van der Waals surface area (Å²) in [4.78, 5) is 0. The van der Waals surface area contributed by atoms with Gasteiger partial charge in [0, 0.05) is 11.7 Å². The maximum absolute atomic E-state index is 8.86. The van der Waals surface area contributed by atoms with Crippen LogP contribution in [0.3, 0.4) is 0 Å². The van der Waals surface area contributed by atoms with Crippen LogP contribution in [0.15, 0.2) is 0 Å². The topological polar surface area (TPSA) is 42.2 Å². The number of nitrogens with zero attached hydrogens (tertiary/aromatic N) is 1. The van der Waals surface area contributed by atoms with Gasteiger partial charge in [-0.25, -0.2) is 0 Å². The van der Waals surface area contributed by atoms with Crippen LogP contribution in [0.25, 0.3) is 0 Å². The van der Waals surface area contributed by atoms with E-state index in [1.165, 1.54) is 0 Å². The van der Waals surface area contributed by atoms with Gasteiger partial charge in [-0.1, -0.05) is 6.92 Å². The SMILES string of the molecule is CC(C#N)C(C)B1OC(C)(C)C(C)(C)O1. The quantitative estimate of drug-likeness (QED) is 0.656. The molecule has 1 aliphatic rings. The van der Waals surface area contributed by atoms with Crippen LogP contribution in [0.5, 0.6) is 0 Å². The molecule has 1 fully saturated rings. The van der Waals surface area contributed by atoms with Crippen molar-refractivity contribution in [1.82, 2.24) is 0 Å². The Morgan fingerprint density at radius 1 is 1.07 bits per heavy atom. The summed E-state index contributed by atoms with van der Waals surface area (Å²) < 4.78 is 11.8. The van der Waals surface area contributed by atoms with Gasteiger partial charge in [-0.2, -0.15) is 5.26 Å². The fraction of sp³-hybridized carbons (Fsp3) is 0.909. The molecular formula is C11H20BNO2. The van der Waals surface area contributed by atoms with Crippen LogP contribution >= 0.6 is 0 Å². The van der Waals surface area contributed by atoms with Gasteiger partial charge in [-0.05, 0) is 34.6 Å². The first-order chi connectivity index (χ1) is 6.71. The number of hydrogen-bond acceptors (Lipinski definition) is 3. The standard InChI is InChI=1S/C11H20BNO2/c1-8(7-13)9(2)12-14-10(3,4)11(5,6)15-12/h8-9H,1-6H3. The minimum absolute atomic E-state index is 0.0558. The van der Waals surface area contributed by atoms with Crippen molar-refractivity contribution < 1.29 is 9.31 Å². The Balaban J connectivity index is 2.76. The van der Waals surface area contributed by atoms with Crippen LogP contribution in [0.4, 0.5) is 0 Å². The monoisotopic (exact) mass is 209 g/mol. The molecule has 1 aliphatic heterocycles. The lowest BCUT2D eigenvalue weighted by atomic mass is 9.67. The van der Waals surface area contributed by atoms with E-state index in [0.717, 1.165) is 0 Å². The molecule has 15 heavy (non-hydrogen) atoms. The first kappa shape index (κ1) is 12.5. The number of nitriles is 1. The molecule has 2 unspecified atom stereocenters. The molecule has 4 heteroatoms. The molecule has 0 N–H and O–H groups in total. The van der Waals surface area contributed by atoms with Gasteiger partial charge in [0.25, 0.3) is 0 Å². The second-order valence-electron chi connectivity index (χ2n) is 5.40. The zero-order chi connectivity index (χ0) is 11.9. The molecule has 84 valence electrons. The predicted octanol–water partition coefficient (Wildman–Crippen LogP) is 2.63. The maximum Gasteiger partial charge on any atom is 0.462 e. The van der Waals surface area contributed by atoms with Crippen molar-refractivity contribution in [3.05, 3.63) is 0 Å². The molecule has 3 nitrogen and oxygen atoms in total. The summed E-state index contributed by atoms with van der Waals surface area (Å²) in [5.74, 6) is 0.0377. The van der Waals surface area contributed by atoms with Crippen LogP contribution in [-0.4, -0.2) is 18.3 Å². The summed E-state index contributed by atoms with van der Waals surface area (Å²) in [6.07, 6.45) is 0. The second-order valence-corrected chi connectivity index (χ2v) is 5.40. The highest BCUT2D eigenvalue weighted by molar-refractivity contribution is 6.47. The molecule has 0 amide bonds. The smallest absolute Gasteiger partial charge is 0.403 e. The van der Waals surface area contributed by atoms with Gasteiger partial charge >= 0.3 is 7.12 Å². The van der Waals surface area contributed by atoms with Gasteiger partial charge in [-0.3, -0.25) is 0 Å². The summed E-state index contributed by atoms with van der Waals surface area (Å²) in [7, 11) is -0.273. The largest absolute Gasteiger partial charge is 0.462 e. The molecule has 0 saturated carbocycles. The average molecular weight is 209 g/mol. The van der Waals surface area contributed by atoms with Gasteiger partial charge in [-0.15, -0.1) is 0 Å². The van der Waals surface area contributed by atoms with Crippen molar-refractivity contribution in [2.45, 2.75) is 58.6 Å². The zero-order valence-corrected chi connectivity index (χ0v) is 10.5. The third kappa shape index (κ3) is 2.19. The van der Waals surface area contributed by atoms with Crippen LogP contribution in [-0.2, 0) is 9.31 Å². The fourth-order valence-corrected chi connectivity index (χ4v) is 1.46. The molecule has 1 heterocycles. The molecule has 0 bridgehead atoms. The normalized spacial score (nSPS) is 27.1. The Kier molecular flexibility index (Phi) is 3.18. The fourth-order valence-electron chi connectivity index (χ4n) is 1.46. The molecule has 0 spiro atoms. The highest BCUT2D eigenvalue weighted by Gasteiger charge is 2.53. The molecule has 0 aliphatic carbocycles. The lowest BCUT2D eigenvalue weighted by Crippen LogP contribution is -2.41. The van der Waals surface area contributed by atoms with Crippen LogP contribution in [0, 0.1) is 17.2 Å². The first-order valence-electron chi connectivity index (χ1n) is 5.46. The van der Waals surface area contributed by atoms with Crippen LogP contribution < -0.4 is 0 Å². The Morgan fingerprint density at radius 3 is 1.80 bits per heavy atom. The van der Waals surface area contributed by atoms with Crippen LogP contribution in [0.2, 0.25) is 5.82 Å². The summed E-state index contributed by atoms with van der Waals surface area (Å²) in [6, 6.07) is 2.24. The van der Waals surface area contributed by atoms with E-state index in [-0.39, 0.29) is 30.1 Å². The first-order valence-corrected chi connectivity index (χ1v) is 5.46. The minimum atomic E-state index is -0.304.